The minimum atomic E-state index is -0.630. The summed E-state index contributed by atoms with van der Waals surface area (Å²) in [5.74, 6) is 0.0266. The van der Waals surface area contributed by atoms with Crippen molar-refractivity contribution < 1.29 is 4.79 Å². The van der Waals surface area contributed by atoms with E-state index in [0.717, 1.165) is 31.4 Å². The molecule has 5 aromatic rings. The van der Waals surface area contributed by atoms with Crippen LogP contribution in [0.2, 0.25) is 0 Å². The number of benzene rings is 4. The summed E-state index contributed by atoms with van der Waals surface area (Å²) < 4.78 is 2.35. The number of carbonyl (C=O) groups excluding carboxylic acids is 1. The number of rotatable bonds is 8. The third kappa shape index (κ3) is 4.76. The Morgan fingerprint density at radius 2 is 1.18 bits per heavy atom. The van der Waals surface area contributed by atoms with Gasteiger partial charge < -0.3 is 4.57 Å². The number of allylic oxidation sites excluding steroid dienone is 4. The van der Waals surface area contributed by atoms with Crippen LogP contribution in [0.5, 0.6) is 0 Å². The van der Waals surface area contributed by atoms with E-state index in [1.807, 2.05) is 48.9 Å². The van der Waals surface area contributed by atoms with E-state index in [1.165, 1.54) is 27.8 Å². The van der Waals surface area contributed by atoms with E-state index in [-0.39, 0.29) is 5.78 Å². The van der Waals surface area contributed by atoms with Crippen molar-refractivity contribution in [2.24, 2.45) is 0 Å². The fourth-order valence-electron chi connectivity index (χ4n) is 6.02. The number of nitrogens with zero attached hydrogens (tertiary/aromatic N) is 2. The molecule has 0 atom stereocenters. The Balaban J connectivity index is 1.56. The lowest BCUT2D eigenvalue weighted by atomic mass is 9.76. The molecule has 0 unspecified atom stereocenters. The Morgan fingerprint density at radius 1 is 0.675 bits per heavy atom. The molecule has 0 aliphatic heterocycles. The molecule has 0 bridgehead atoms. The standard InChI is InChI=1S/C37H32N2O/c40-36(30-16-5-1-6-17-30)26-25-29-15-13-14-24-34(29)35-27-38-28-39(35)37(31-18-7-2-8-19-31,32-20-9-3-10-21-32)33-22-11-4-12-23-33/h1-12,16-23,25-28H,13-15,24H2. The highest BCUT2D eigenvalue weighted by molar-refractivity contribution is 6.04. The van der Waals surface area contributed by atoms with E-state index < -0.39 is 5.54 Å². The van der Waals surface area contributed by atoms with Gasteiger partial charge in [0.2, 0.25) is 0 Å². The van der Waals surface area contributed by atoms with Gasteiger partial charge in [0.05, 0.1) is 18.2 Å². The average molecular weight is 521 g/mol. The maximum absolute atomic E-state index is 12.9. The van der Waals surface area contributed by atoms with Crippen molar-refractivity contribution in [1.82, 2.24) is 9.55 Å². The SMILES string of the molecule is O=C(C=CC1=C(c2cncn2C(c2ccccc2)(c2ccccc2)c2ccccc2)CCCC1)c1ccccc1. The summed E-state index contributed by atoms with van der Waals surface area (Å²) >= 11 is 0. The molecule has 1 aliphatic carbocycles. The molecule has 0 saturated carbocycles. The molecule has 0 spiro atoms. The Labute approximate surface area is 236 Å². The largest absolute Gasteiger partial charge is 0.312 e. The van der Waals surface area contributed by atoms with Crippen LogP contribution in [-0.4, -0.2) is 15.3 Å². The fourth-order valence-corrected chi connectivity index (χ4v) is 6.02. The van der Waals surface area contributed by atoms with Crippen molar-refractivity contribution in [3.8, 4) is 0 Å². The van der Waals surface area contributed by atoms with Crippen LogP contribution in [0.25, 0.3) is 5.57 Å². The minimum Gasteiger partial charge on any atom is -0.312 e. The number of hydrogen-bond acceptors (Lipinski definition) is 2. The van der Waals surface area contributed by atoms with Crippen LogP contribution in [0, 0.1) is 0 Å². The van der Waals surface area contributed by atoms with E-state index in [2.05, 4.69) is 95.6 Å². The van der Waals surface area contributed by atoms with Crippen LogP contribution in [0.3, 0.4) is 0 Å². The first-order valence-corrected chi connectivity index (χ1v) is 14.0. The van der Waals surface area contributed by atoms with Crippen LogP contribution < -0.4 is 0 Å². The van der Waals surface area contributed by atoms with Crippen molar-refractivity contribution in [3.63, 3.8) is 0 Å². The molecular weight excluding hydrogens is 488 g/mol. The molecule has 3 heteroatoms. The maximum Gasteiger partial charge on any atom is 0.185 e. The van der Waals surface area contributed by atoms with Crippen molar-refractivity contribution in [3.05, 3.63) is 180 Å². The molecule has 6 rings (SSSR count). The second kappa shape index (κ2) is 11.5. The van der Waals surface area contributed by atoms with Gasteiger partial charge >= 0.3 is 0 Å². The van der Waals surface area contributed by atoms with Crippen molar-refractivity contribution >= 4 is 11.4 Å². The second-order valence-electron chi connectivity index (χ2n) is 10.2. The lowest BCUT2D eigenvalue weighted by Crippen LogP contribution is -2.38. The highest BCUT2D eigenvalue weighted by atomic mass is 16.1. The molecule has 0 fully saturated rings. The van der Waals surface area contributed by atoms with Crippen molar-refractivity contribution in [2.45, 2.75) is 31.2 Å². The summed E-state index contributed by atoms with van der Waals surface area (Å²) in [6.07, 6.45) is 11.8. The van der Waals surface area contributed by atoms with Crippen LogP contribution in [-0.2, 0) is 5.54 Å². The highest BCUT2D eigenvalue weighted by Crippen LogP contribution is 2.44. The van der Waals surface area contributed by atoms with Gasteiger partial charge in [-0.1, -0.05) is 127 Å². The fraction of sp³-hybridized carbons (Fsp3) is 0.135. The van der Waals surface area contributed by atoms with Crippen LogP contribution in [0.4, 0.5) is 0 Å². The van der Waals surface area contributed by atoms with Gasteiger partial charge in [-0.2, -0.15) is 0 Å². The van der Waals surface area contributed by atoms with E-state index in [9.17, 15) is 4.79 Å². The Kier molecular flexibility index (Phi) is 7.37. The summed E-state index contributed by atoms with van der Waals surface area (Å²) in [7, 11) is 0. The minimum absolute atomic E-state index is 0.0266. The highest BCUT2D eigenvalue weighted by Gasteiger charge is 2.40. The molecule has 3 nitrogen and oxygen atoms in total. The summed E-state index contributed by atoms with van der Waals surface area (Å²) in [5.41, 5.74) is 7.13. The zero-order valence-electron chi connectivity index (χ0n) is 22.5. The molecule has 196 valence electrons. The van der Waals surface area contributed by atoms with E-state index >= 15 is 0 Å². The molecule has 0 amide bonds. The summed E-state index contributed by atoms with van der Waals surface area (Å²) in [6, 6.07) is 41.6. The van der Waals surface area contributed by atoms with Crippen LogP contribution in [0.15, 0.2) is 152 Å². The maximum atomic E-state index is 12.9. The molecular formula is C37H32N2O. The van der Waals surface area contributed by atoms with Crippen LogP contribution >= 0.6 is 0 Å². The first-order valence-electron chi connectivity index (χ1n) is 14.0. The van der Waals surface area contributed by atoms with E-state index in [0.29, 0.717) is 5.56 Å². The molecule has 0 N–H and O–H groups in total. The van der Waals surface area contributed by atoms with Gasteiger partial charge in [-0.05, 0) is 59.6 Å². The van der Waals surface area contributed by atoms with E-state index in [1.54, 1.807) is 6.08 Å². The predicted octanol–water partition coefficient (Wildman–Crippen LogP) is 8.49. The molecule has 4 aromatic carbocycles. The quantitative estimate of drug-likeness (QED) is 0.117. The van der Waals surface area contributed by atoms with Gasteiger partial charge in [-0.15, -0.1) is 0 Å². The molecule has 40 heavy (non-hydrogen) atoms. The zero-order chi connectivity index (χ0) is 27.2. The smallest absolute Gasteiger partial charge is 0.185 e. The van der Waals surface area contributed by atoms with Gasteiger partial charge in [0.15, 0.2) is 5.78 Å². The van der Waals surface area contributed by atoms with Gasteiger partial charge in [-0.25, -0.2) is 4.98 Å². The Hall–Kier alpha value is -4.76. The summed E-state index contributed by atoms with van der Waals surface area (Å²) in [6.45, 7) is 0. The predicted molar refractivity (Wildman–Crippen MR) is 162 cm³/mol. The topological polar surface area (TPSA) is 34.9 Å². The number of imidazole rings is 1. The number of ketones is 1. The summed E-state index contributed by atoms with van der Waals surface area (Å²) in [5, 5.41) is 0. The van der Waals surface area contributed by atoms with Crippen molar-refractivity contribution in [1.29, 1.82) is 0 Å². The average Bonchev–Trinajstić information content (AvgIpc) is 3.52. The second-order valence-corrected chi connectivity index (χ2v) is 10.2. The van der Waals surface area contributed by atoms with E-state index in [4.69, 9.17) is 4.98 Å². The third-order valence-electron chi connectivity index (χ3n) is 7.89. The molecule has 0 radical (unpaired) electrons. The first kappa shape index (κ1) is 25.5. The number of hydrogen-bond donors (Lipinski definition) is 0. The number of carbonyl (C=O) groups is 1. The summed E-state index contributed by atoms with van der Waals surface area (Å²) in [4.78, 5) is 17.7. The zero-order valence-corrected chi connectivity index (χ0v) is 22.5. The monoisotopic (exact) mass is 520 g/mol. The van der Waals surface area contributed by atoms with Crippen LogP contribution in [0.1, 0.15) is 58.4 Å². The molecule has 1 aromatic heterocycles. The molecule has 1 heterocycles. The van der Waals surface area contributed by atoms with Crippen molar-refractivity contribution in [2.75, 3.05) is 0 Å². The number of aromatic nitrogens is 2. The van der Waals surface area contributed by atoms with Gasteiger partial charge in [0, 0.05) is 5.56 Å². The normalized spacial score (nSPS) is 14.0. The van der Waals surface area contributed by atoms with Gasteiger partial charge in [0.1, 0.15) is 5.54 Å². The van der Waals surface area contributed by atoms with Gasteiger partial charge in [-0.3, -0.25) is 4.79 Å². The Morgan fingerprint density at radius 3 is 1.73 bits per heavy atom. The Bertz CT molecular complexity index is 1540. The lowest BCUT2D eigenvalue weighted by Gasteiger charge is -2.39. The molecule has 0 saturated heterocycles. The lowest BCUT2D eigenvalue weighted by molar-refractivity contribution is 0.104. The third-order valence-corrected chi connectivity index (χ3v) is 7.89. The van der Waals surface area contributed by atoms with Gasteiger partial charge in [0.25, 0.3) is 0 Å². The first-order chi connectivity index (χ1) is 19.8. The molecule has 1 aliphatic rings.